The summed E-state index contributed by atoms with van der Waals surface area (Å²) in [5, 5.41) is 9.88. The quantitative estimate of drug-likeness (QED) is 0.635. The highest BCUT2D eigenvalue weighted by Crippen LogP contribution is 2.22. The van der Waals surface area contributed by atoms with E-state index < -0.39 is 0 Å². The number of aromatic nitrogens is 3. The van der Waals surface area contributed by atoms with Gasteiger partial charge in [-0.25, -0.2) is 4.98 Å². The molecule has 0 aliphatic carbocycles. The Balaban J connectivity index is 1.85. The van der Waals surface area contributed by atoms with E-state index in [1.807, 2.05) is 12.3 Å². The van der Waals surface area contributed by atoms with Crippen LogP contribution >= 0.6 is 23.4 Å². The van der Waals surface area contributed by atoms with Gasteiger partial charge in [-0.3, -0.25) is 9.89 Å². The van der Waals surface area contributed by atoms with E-state index in [0.29, 0.717) is 17.1 Å². The van der Waals surface area contributed by atoms with Crippen LogP contribution in [0.25, 0.3) is 0 Å². The lowest BCUT2D eigenvalue weighted by Crippen LogP contribution is -2.25. The van der Waals surface area contributed by atoms with Crippen molar-refractivity contribution in [1.82, 2.24) is 20.5 Å². The van der Waals surface area contributed by atoms with Gasteiger partial charge >= 0.3 is 0 Å². The second-order valence-electron chi connectivity index (χ2n) is 4.14. The van der Waals surface area contributed by atoms with Gasteiger partial charge in [-0.2, -0.15) is 5.10 Å². The van der Waals surface area contributed by atoms with Crippen LogP contribution in [0.3, 0.4) is 0 Å². The Kier molecular flexibility index (Phi) is 5.43. The number of hydrogen-bond acceptors (Lipinski definition) is 4. The highest BCUT2D eigenvalue weighted by Gasteiger charge is 2.10. The van der Waals surface area contributed by atoms with Crippen LogP contribution in [-0.2, 0) is 6.42 Å². The van der Waals surface area contributed by atoms with Crippen LogP contribution in [0.2, 0.25) is 5.02 Å². The number of amides is 1. The van der Waals surface area contributed by atoms with E-state index in [0.717, 1.165) is 23.6 Å². The van der Waals surface area contributed by atoms with Crippen molar-refractivity contribution < 1.29 is 4.79 Å². The molecule has 2 rings (SSSR count). The van der Waals surface area contributed by atoms with E-state index in [4.69, 9.17) is 11.6 Å². The Bertz CT molecular complexity index is 574. The number of carbonyl (C=O) groups excluding carboxylic acids is 1. The maximum absolute atomic E-state index is 12.1. The van der Waals surface area contributed by atoms with E-state index in [2.05, 4.69) is 20.5 Å². The van der Waals surface area contributed by atoms with Gasteiger partial charge in [0.1, 0.15) is 12.2 Å². The first-order chi connectivity index (χ1) is 9.70. The fourth-order valence-electron chi connectivity index (χ4n) is 1.71. The van der Waals surface area contributed by atoms with Crippen molar-refractivity contribution in [2.24, 2.45) is 0 Å². The van der Waals surface area contributed by atoms with E-state index in [9.17, 15) is 4.79 Å². The predicted octanol–water partition coefficient (Wildman–Crippen LogP) is 2.54. The van der Waals surface area contributed by atoms with Gasteiger partial charge in [0.05, 0.1) is 10.6 Å². The second-order valence-corrected chi connectivity index (χ2v) is 5.42. The second kappa shape index (κ2) is 7.31. The van der Waals surface area contributed by atoms with E-state index >= 15 is 0 Å². The molecule has 0 spiro atoms. The Labute approximate surface area is 126 Å². The van der Waals surface area contributed by atoms with E-state index in [-0.39, 0.29) is 5.91 Å². The standard InChI is InChI=1S/C13H15ClN4OS/c1-20-9-4-5-11(14)10(7-9)13(19)15-6-2-3-12-16-8-17-18-12/h4-5,7-8H,2-3,6H2,1H3,(H,15,19)(H,16,17,18). The number of halogens is 1. The van der Waals surface area contributed by atoms with Crippen LogP contribution in [0.4, 0.5) is 0 Å². The fourth-order valence-corrected chi connectivity index (χ4v) is 2.35. The molecule has 0 atom stereocenters. The molecule has 7 heteroatoms. The highest BCUT2D eigenvalue weighted by atomic mass is 35.5. The summed E-state index contributed by atoms with van der Waals surface area (Å²) in [7, 11) is 0. The summed E-state index contributed by atoms with van der Waals surface area (Å²) in [6.07, 6.45) is 4.98. The molecule has 0 bridgehead atoms. The SMILES string of the molecule is CSc1ccc(Cl)c(C(=O)NCCCc2ncn[nH]2)c1. The highest BCUT2D eigenvalue weighted by molar-refractivity contribution is 7.98. The smallest absolute Gasteiger partial charge is 0.252 e. The molecule has 0 aliphatic heterocycles. The fraction of sp³-hybridized carbons (Fsp3) is 0.308. The number of rotatable bonds is 6. The molecule has 0 aliphatic rings. The summed E-state index contributed by atoms with van der Waals surface area (Å²) in [6.45, 7) is 0.569. The summed E-state index contributed by atoms with van der Waals surface area (Å²) >= 11 is 7.63. The number of aryl methyl sites for hydroxylation is 1. The molecule has 2 N–H and O–H groups in total. The summed E-state index contributed by atoms with van der Waals surface area (Å²) in [5.74, 6) is 0.671. The summed E-state index contributed by atoms with van der Waals surface area (Å²) < 4.78 is 0. The number of thioether (sulfide) groups is 1. The number of nitrogens with zero attached hydrogens (tertiary/aromatic N) is 2. The van der Waals surface area contributed by atoms with Gasteiger partial charge in [0.25, 0.3) is 5.91 Å². The van der Waals surface area contributed by atoms with Gasteiger partial charge in [0.2, 0.25) is 0 Å². The maximum atomic E-state index is 12.1. The van der Waals surface area contributed by atoms with Gasteiger partial charge < -0.3 is 5.32 Å². The number of H-pyrrole nitrogens is 1. The van der Waals surface area contributed by atoms with Gasteiger partial charge in [-0.15, -0.1) is 11.8 Å². The van der Waals surface area contributed by atoms with Gasteiger partial charge in [0, 0.05) is 17.9 Å². The molecule has 1 aromatic carbocycles. The van der Waals surface area contributed by atoms with Crippen LogP contribution in [0.5, 0.6) is 0 Å². The number of aromatic amines is 1. The van der Waals surface area contributed by atoms with Crippen LogP contribution < -0.4 is 5.32 Å². The Morgan fingerprint density at radius 2 is 2.35 bits per heavy atom. The topological polar surface area (TPSA) is 70.7 Å². The third kappa shape index (κ3) is 3.98. The molecule has 1 heterocycles. The van der Waals surface area contributed by atoms with Crippen molar-refractivity contribution in [3.05, 3.63) is 40.9 Å². The van der Waals surface area contributed by atoms with Crippen LogP contribution in [0.15, 0.2) is 29.4 Å². The summed E-state index contributed by atoms with van der Waals surface area (Å²) in [6, 6.07) is 5.45. The molecule has 5 nitrogen and oxygen atoms in total. The molecule has 1 aromatic heterocycles. The first kappa shape index (κ1) is 14.9. The van der Waals surface area contributed by atoms with Crippen molar-refractivity contribution in [1.29, 1.82) is 0 Å². The van der Waals surface area contributed by atoms with Crippen molar-refractivity contribution >= 4 is 29.3 Å². The van der Waals surface area contributed by atoms with Gasteiger partial charge in [-0.1, -0.05) is 11.6 Å². The zero-order valence-electron chi connectivity index (χ0n) is 11.0. The maximum Gasteiger partial charge on any atom is 0.252 e. The molecule has 0 fully saturated rings. The minimum absolute atomic E-state index is 0.150. The van der Waals surface area contributed by atoms with Crippen molar-refractivity contribution in [2.45, 2.75) is 17.7 Å². The first-order valence-electron chi connectivity index (χ1n) is 6.16. The number of hydrogen-bond donors (Lipinski definition) is 2. The van der Waals surface area contributed by atoms with Crippen LogP contribution in [0.1, 0.15) is 22.6 Å². The largest absolute Gasteiger partial charge is 0.352 e. The number of carbonyl (C=O) groups is 1. The average Bonchev–Trinajstić information content (AvgIpc) is 2.97. The van der Waals surface area contributed by atoms with Crippen LogP contribution in [0, 0.1) is 0 Å². The minimum atomic E-state index is -0.150. The van der Waals surface area contributed by atoms with Crippen LogP contribution in [-0.4, -0.2) is 33.9 Å². The lowest BCUT2D eigenvalue weighted by atomic mass is 10.2. The van der Waals surface area contributed by atoms with E-state index in [1.54, 1.807) is 23.9 Å². The van der Waals surface area contributed by atoms with Gasteiger partial charge in [-0.05, 0) is 30.9 Å². The third-order valence-corrected chi connectivity index (χ3v) is 3.81. The van der Waals surface area contributed by atoms with Crippen molar-refractivity contribution in [3.63, 3.8) is 0 Å². The first-order valence-corrected chi connectivity index (χ1v) is 7.77. The van der Waals surface area contributed by atoms with Crippen molar-refractivity contribution in [3.8, 4) is 0 Å². The lowest BCUT2D eigenvalue weighted by molar-refractivity contribution is 0.0953. The molecule has 1 amide bonds. The molecule has 20 heavy (non-hydrogen) atoms. The Morgan fingerprint density at radius 1 is 1.50 bits per heavy atom. The van der Waals surface area contributed by atoms with Gasteiger partial charge in [0.15, 0.2) is 0 Å². The van der Waals surface area contributed by atoms with Crippen molar-refractivity contribution in [2.75, 3.05) is 12.8 Å². The third-order valence-electron chi connectivity index (χ3n) is 2.76. The molecule has 0 saturated heterocycles. The molecule has 2 aromatic rings. The summed E-state index contributed by atoms with van der Waals surface area (Å²) in [5.41, 5.74) is 0.512. The molecular formula is C13H15ClN4OS. The zero-order chi connectivity index (χ0) is 14.4. The molecule has 0 radical (unpaired) electrons. The van der Waals surface area contributed by atoms with E-state index in [1.165, 1.54) is 6.33 Å². The Morgan fingerprint density at radius 3 is 3.05 bits per heavy atom. The zero-order valence-corrected chi connectivity index (χ0v) is 12.6. The molecule has 0 saturated carbocycles. The molecular weight excluding hydrogens is 296 g/mol. The molecule has 0 unspecified atom stereocenters. The molecule has 106 valence electrons. The lowest BCUT2D eigenvalue weighted by Gasteiger charge is -2.07. The number of nitrogens with one attached hydrogen (secondary N) is 2. The normalized spacial score (nSPS) is 10.5. The predicted molar refractivity (Wildman–Crippen MR) is 80.3 cm³/mol. The minimum Gasteiger partial charge on any atom is -0.352 e. The summed E-state index contributed by atoms with van der Waals surface area (Å²) in [4.78, 5) is 17.1. The Hall–Kier alpha value is -1.53. The monoisotopic (exact) mass is 310 g/mol. The number of benzene rings is 1. The average molecular weight is 311 g/mol.